The Labute approximate surface area is 147 Å². The Morgan fingerprint density at radius 1 is 1.08 bits per heavy atom. The van der Waals surface area contributed by atoms with Gasteiger partial charge in [0, 0.05) is 0 Å². The maximum atomic E-state index is 12.8. The molecule has 0 unspecified atom stereocenters. The van der Waals surface area contributed by atoms with Gasteiger partial charge in [-0.05, 0) is 51.3 Å². The summed E-state index contributed by atoms with van der Waals surface area (Å²) in [7, 11) is -7.76. The smallest absolute Gasteiger partial charge is 0.258 e. The van der Waals surface area contributed by atoms with Crippen LogP contribution in [-0.2, 0) is 30.9 Å². The number of aryl methyl sites for hydroxylation is 2. The molecule has 0 atom stereocenters. The molecule has 0 spiro atoms. The summed E-state index contributed by atoms with van der Waals surface area (Å²) in [5.74, 6) is 0. The standard InChI is InChI=1S/C15H21N3O5S2/c1-11-6-8-14(9-7-11)24(19,20)18-13(3)15(12(2)17-18)5-4-10-23-25(16,21)22/h6-9H,4-5,10H2,1-3H3,(H2,16,21,22). The van der Waals surface area contributed by atoms with E-state index in [0.29, 0.717) is 24.2 Å². The zero-order chi connectivity index (χ0) is 18.8. The van der Waals surface area contributed by atoms with Gasteiger partial charge in [0.2, 0.25) is 0 Å². The van der Waals surface area contributed by atoms with Gasteiger partial charge in [-0.25, -0.2) is 5.14 Å². The van der Waals surface area contributed by atoms with E-state index < -0.39 is 20.3 Å². The van der Waals surface area contributed by atoms with E-state index >= 15 is 0 Å². The van der Waals surface area contributed by atoms with Crippen molar-refractivity contribution in [1.82, 2.24) is 9.19 Å². The lowest BCUT2D eigenvalue weighted by Gasteiger charge is -2.08. The Hall–Kier alpha value is -1.75. The molecule has 0 aliphatic carbocycles. The van der Waals surface area contributed by atoms with Crippen LogP contribution in [0.25, 0.3) is 0 Å². The minimum atomic E-state index is -3.97. The highest BCUT2D eigenvalue weighted by Crippen LogP contribution is 2.21. The van der Waals surface area contributed by atoms with Crippen molar-refractivity contribution in [2.45, 2.75) is 38.5 Å². The molecule has 0 saturated carbocycles. The molecule has 10 heteroatoms. The number of nitrogens with two attached hydrogens (primary N) is 1. The molecular weight excluding hydrogens is 366 g/mol. The van der Waals surface area contributed by atoms with Crippen molar-refractivity contribution < 1.29 is 21.0 Å². The van der Waals surface area contributed by atoms with Gasteiger partial charge in [0.25, 0.3) is 10.0 Å². The third-order valence-electron chi connectivity index (χ3n) is 3.77. The van der Waals surface area contributed by atoms with Crippen LogP contribution in [0.4, 0.5) is 0 Å². The summed E-state index contributed by atoms with van der Waals surface area (Å²) in [6.45, 7) is 5.18. The SMILES string of the molecule is Cc1ccc(S(=O)(=O)n2nc(C)c(CCCOS(N)(=O)=O)c2C)cc1. The van der Waals surface area contributed by atoms with Crippen molar-refractivity contribution in [1.29, 1.82) is 0 Å². The molecule has 0 radical (unpaired) electrons. The molecule has 0 aliphatic rings. The Morgan fingerprint density at radius 3 is 2.24 bits per heavy atom. The summed E-state index contributed by atoms with van der Waals surface area (Å²) in [5.41, 5.74) is 2.77. The van der Waals surface area contributed by atoms with E-state index in [1.165, 1.54) is 0 Å². The van der Waals surface area contributed by atoms with Crippen LogP contribution in [0.15, 0.2) is 29.2 Å². The normalized spacial score (nSPS) is 12.5. The van der Waals surface area contributed by atoms with Crippen LogP contribution in [0.5, 0.6) is 0 Å². The molecule has 0 bridgehead atoms. The van der Waals surface area contributed by atoms with Crippen LogP contribution in [0.1, 0.15) is 28.9 Å². The van der Waals surface area contributed by atoms with Gasteiger partial charge in [0.05, 0.1) is 22.9 Å². The average molecular weight is 387 g/mol. The Bertz CT molecular complexity index is 961. The third kappa shape index (κ3) is 4.66. The molecule has 1 heterocycles. The first kappa shape index (κ1) is 19.6. The van der Waals surface area contributed by atoms with Gasteiger partial charge in [-0.1, -0.05) is 17.7 Å². The van der Waals surface area contributed by atoms with Crippen LogP contribution in [0.3, 0.4) is 0 Å². The van der Waals surface area contributed by atoms with E-state index in [4.69, 9.17) is 5.14 Å². The van der Waals surface area contributed by atoms with Crippen molar-refractivity contribution in [2.24, 2.45) is 5.14 Å². The molecule has 2 rings (SSSR count). The number of hydrogen-bond donors (Lipinski definition) is 1. The molecule has 1 aromatic heterocycles. The first-order chi connectivity index (χ1) is 11.5. The highest BCUT2D eigenvalue weighted by atomic mass is 32.2. The second kappa shape index (κ2) is 7.24. The van der Waals surface area contributed by atoms with E-state index in [2.05, 4.69) is 9.28 Å². The van der Waals surface area contributed by atoms with Gasteiger partial charge in [-0.3, -0.25) is 4.18 Å². The fraction of sp³-hybridized carbons (Fsp3) is 0.400. The number of benzene rings is 1. The molecule has 138 valence electrons. The van der Waals surface area contributed by atoms with Crippen LogP contribution in [-0.4, -0.2) is 32.6 Å². The quantitative estimate of drug-likeness (QED) is 0.713. The van der Waals surface area contributed by atoms with Crippen molar-refractivity contribution >= 4 is 20.3 Å². The van der Waals surface area contributed by atoms with E-state index in [9.17, 15) is 16.8 Å². The third-order valence-corrected chi connectivity index (χ3v) is 5.94. The molecule has 25 heavy (non-hydrogen) atoms. The fourth-order valence-electron chi connectivity index (χ4n) is 2.48. The van der Waals surface area contributed by atoms with E-state index in [0.717, 1.165) is 15.2 Å². The average Bonchev–Trinajstić information content (AvgIpc) is 2.79. The highest BCUT2D eigenvalue weighted by molar-refractivity contribution is 7.89. The lowest BCUT2D eigenvalue weighted by atomic mass is 10.1. The Balaban J connectivity index is 2.25. The van der Waals surface area contributed by atoms with E-state index in [1.807, 2.05) is 6.92 Å². The van der Waals surface area contributed by atoms with Gasteiger partial charge in [-0.2, -0.15) is 26.0 Å². The molecule has 8 nitrogen and oxygen atoms in total. The second-order valence-electron chi connectivity index (χ2n) is 5.73. The highest BCUT2D eigenvalue weighted by Gasteiger charge is 2.23. The minimum absolute atomic E-state index is 0.0758. The summed E-state index contributed by atoms with van der Waals surface area (Å²) in [6.07, 6.45) is 0.797. The second-order valence-corrected chi connectivity index (χ2v) is 8.72. The summed E-state index contributed by atoms with van der Waals surface area (Å²) >= 11 is 0. The maximum absolute atomic E-state index is 12.8. The van der Waals surface area contributed by atoms with Crippen molar-refractivity contribution in [3.8, 4) is 0 Å². The number of rotatable bonds is 7. The molecule has 0 amide bonds. The molecule has 0 fully saturated rings. The monoisotopic (exact) mass is 387 g/mol. The van der Waals surface area contributed by atoms with Crippen molar-refractivity contribution in [3.05, 3.63) is 46.8 Å². The lowest BCUT2D eigenvalue weighted by molar-refractivity contribution is 0.313. The molecule has 1 aromatic carbocycles. The van der Waals surface area contributed by atoms with E-state index in [-0.39, 0.29) is 11.5 Å². The van der Waals surface area contributed by atoms with Crippen LogP contribution >= 0.6 is 0 Å². The predicted molar refractivity (Wildman–Crippen MR) is 92.8 cm³/mol. The van der Waals surface area contributed by atoms with Gasteiger partial charge < -0.3 is 0 Å². The largest absolute Gasteiger partial charge is 0.333 e. The lowest BCUT2D eigenvalue weighted by Crippen LogP contribution is -2.17. The van der Waals surface area contributed by atoms with Gasteiger partial charge in [0.1, 0.15) is 0 Å². The molecule has 2 N–H and O–H groups in total. The minimum Gasteiger partial charge on any atom is -0.258 e. The van der Waals surface area contributed by atoms with Gasteiger partial charge >= 0.3 is 10.3 Å². The Kier molecular flexibility index (Phi) is 5.67. The maximum Gasteiger partial charge on any atom is 0.333 e. The topological polar surface area (TPSA) is 121 Å². The summed E-state index contributed by atoms with van der Waals surface area (Å²) in [4.78, 5) is 0.160. The fourth-order valence-corrected chi connectivity index (χ4v) is 4.21. The molecule has 0 saturated heterocycles. The van der Waals surface area contributed by atoms with E-state index in [1.54, 1.807) is 38.1 Å². The first-order valence-corrected chi connectivity index (χ1v) is 10.5. The summed E-state index contributed by atoms with van der Waals surface area (Å²) in [5, 5.41) is 8.92. The van der Waals surface area contributed by atoms with Gasteiger partial charge in [0.15, 0.2) is 0 Å². The van der Waals surface area contributed by atoms with Crippen LogP contribution < -0.4 is 5.14 Å². The summed E-state index contributed by atoms with van der Waals surface area (Å²) in [6, 6.07) is 6.54. The zero-order valence-corrected chi connectivity index (χ0v) is 15.9. The molecule has 0 aliphatic heterocycles. The zero-order valence-electron chi connectivity index (χ0n) is 14.3. The van der Waals surface area contributed by atoms with Crippen LogP contribution in [0, 0.1) is 20.8 Å². The van der Waals surface area contributed by atoms with Crippen molar-refractivity contribution in [2.75, 3.05) is 6.61 Å². The van der Waals surface area contributed by atoms with Crippen LogP contribution in [0.2, 0.25) is 0 Å². The number of nitrogens with zero attached hydrogens (tertiary/aromatic N) is 2. The van der Waals surface area contributed by atoms with Crippen molar-refractivity contribution in [3.63, 3.8) is 0 Å². The first-order valence-electron chi connectivity index (χ1n) is 7.57. The Morgan fingerprint density at radius 2 is 1.68 bits per heavy atom. The van der Waals surface area contributed by atoms with Gasteiger partial charge in [-0.15, -0.1) is 0 Å². The molecular formula is C15H21N3O5S2. The number of hydrogen-bond acceptors (Lipinski definition) is 6. The molecule has 2 aromatic rings. The number of aromatic nitrogens is 2. The predicted octanol–water partition coefficient (Wildman–Crippen LogP) is 1.20. The summed E-state index contributed by atoms with van der Waals surface area (Å²) < 4.78 is 52.6.